The summed E-state index contributed by atoms with van der Waals surface area (Å²) in [5.41, 5.74) is 0. The lowest BCUT2D eigenvalue weighted by Crippen LogP contribution is -2.48. The Morgan fingerprint density at radius 2 is 2.11 bits per heavy atom. The van der Waals surface area contributed by atoms with Gasteiger partial charge >= 0.3 is 0 Å². The molecular weight excluding hydrogens is 244 g/mol. The van der Waals surface area contributed by atoms with Gasteiger partial charge in [-0.15, -0.1) is 0 Å². The number of amides is 2. The summed E-state index contributed by atoms with van der Waals surface area (Å²) in [5, 5.41) is 2.71. The van der Waals surface area contributed by atoms with Crippen LogP contribution in [0, 0.1) is 0 Å². The van der Waals surface area contributed by atoms with E-state index in [2.05, 4.69) is 12.2 Å². The number of ether oxygens (including phenoxy) is 1. The van der Waals surface area contributed by atoms with Crippen molar-refractivity contribution in [1.29, 1.82) is 0 Å². The Hall–Kier alpha value is -1.10. The standard InChI is InChI=1S/C14H24N2O3/c1-2-11-6-3-4-8-16(11)13(17)10-15-14(18)12-7-5-9-19-12/h11-12H,2-10H2,1H3,(H,15,18). The van der Waals surface area contributed by atoms with E-state index in [0.717, 1.165) is 38.6 Å². The van der Waals surface area contributed by atoms with E-state index in [9.17, 15) is 9.59 Å². The van der Waals surface area contributed by atoms with Gasteiger partial charge in [0.15, 0.2) is 0 Å². The minimum Gasteiger partial charge on any atom is -0.368 e. The molecule has 0 saturated carbocycles. The van der Waals surface area contributed by atoms with Gasteiger partial charge in [0.05, 0.1) is 6.54 Å². The van der Waals surface area contributed by atoms with E-state index in [0.29, 0.717) is 12.6 Å². The maximum Gasteiger partial charge on any atom is 0.249 e. The molecule has 2 unspecified atom stereocenters. The van der Waals surface area contributed by atoms with Crippen LogP contribution >= 0.6 is 0 Å². The first-order valence-corrected chi connectivity index (χ1v) is 7.41. The van der Waals surface area contributed by atoms with Gasteiger partial charge in [-0.1, -0.05) is 6.92 Å². The second kappa shape index (κ2) is 6.89. The van der Waals surface area contributed by atoms with Crippen LogP contribution in [0.5, 0.6) is 0 Å². The molecule has 2 aliphatic heterocycles. The molecule has 0 spiro atoms. The first-order valence-electron chi connectivity index (χ1n) is 7.41. The van der Waals surface area contributed by atoms with E-state index < -0.39 is 0 Å². The quantitative estimate of drug-likeness (QED) is 0.830. The van der Waals surface area contributed by atoms with Gasteiger partial charge in [-0.25, -0.2) is 0 Å². The third-order valence-electron chi connectivity index (χ3n) is 4.05. The van der Waals surface area contributed by atoms with Crippen molar-refractivity contribution in [2.24, 2.45) is 0 Å². The van der Waals surface area contributed by atoms with E-state index in [4.69, 9.17) is 4.74 Å². The van der Waals surface area contributed by atoms with Crippen molar-refractivity contribution in [3.8, 4) is 0 Å². The lowest BCUT2D eigenvalue weighted by molar-refractivity contribution is -0.138. The SMILES string of the molecule is CCC1CCCCN1C(=O)CNC(=O)C1CCCO1. The number of likely N-dealkylation sites (tertiary alicyclic amines) is 1. The van der Waals surface area contributed by atoms with Crippen molar-refractivity contribution in [3.05, 3.63) is 0 Å². The number of hydrogen-bond donors (Lipinski definition) is 1. The molecule has 0 radical (unpaired) electrons. The zero-order valence-corrected chi connectivity index (χ0v) is 11.7. The fraction of sp³-hybridized carbons (Fsp3) is 0.857. The predicted molar refractivity (Wildman–Crippen MR) is 71.6 cm³/mol. The molecule has 5 heteroatoms. The third kappa shape index (κ3) is 3.69. The highest BCUT2D eigenvalue weighted by molar-refractivity contribution is 5.87. The molecule has 19 heavy (non-hydrogen) atoms. The van der Waals surface area contributed by atoms with Crippen molar-refractivity contribution in [3.63, 3.8) is 0 Å². The topological polar surface area (TPSA) is 58.6 Å². The second-order valence-electron chi connectivity index (χ2n) is 5.36. The molecule has 2 heterocycles. The van der Waals surface area contributed by atoms with Crippen LogP contribution in [-0.2, 0) is 14.3 Å². The number of carbonyl (C=O) groups excluding carboxylic acids is 2. The fourth-order valence-corrected chi connectivity index (χ4v) is 2.92. The van der Waals surface area contributed by atoms with Crippen LogP contribution in [0.3, 0.4) is 0 Å². The maximum absolute atomic E-state index is 12.2. The van der Waals surface area contributed by atoms with Crippen molar-refractivity contribution in [1.82, 2.24) is 10.2 Å². The highest BCUT2D eigenvalue weighted by Gasteiger charge is 2.27. The molecule has 2 rings (SSSR count). The summed E-state index contributed by atoms with van der Waals surface area (Å²) < 4.78 is 5.30. The third-order valence-corrected chi connectivity index (χ3v) is 4.05. The van der Waals surface area contributed by atoms with Crippen LogP contribution in [0.25, 0.3) is 0 Å². The molecule has 0 bridgehead atoms. The lowest BCUT2D eigenvalue weighted by atomic mass is 10.00. The summed E-state index contributed by atoms with van der Waals surface area (Å²) in [5.74, 6) is -0.103. The molecule has 1 N–H and O–H groups in total. The van der Waals surface area contributed by atoms with Crippen LogP contribution in [0.4, 0.5) is 0 Å². The van der Waals surface area contributed by atoms with Gasteiger partial charge < -0.3 is 15.0 Å². The second-order valence-corrected chi connectivity index (χ2v) is 5.36. The summed E-state index contributed by atoms with van der Waals surface area (Å²) in [6.07, 6.45) is 5.69. The average molecular weight is 268 g/mol. The van der Waals surface area contributed by atoms with Crippen molar-refractivity contribution >= 4 is 11.8 Å². The largest absolute Gasteiger partial charge is 0.368 e. The van der Waals surface area contributed by atoms with Gasteiger partial charge in [0.2, 0.25) is 11.8 Å². The summed E-state index contributed by atoms with van der Waals surface area (Å²) >= 11 is 0. The van der Waals surface area contributed by atoms with Gasteiger partial charge in [0.25, 0.3) is 0 Å². The Kier molecular flexibility index (Phi) is 5.19. The van der Waals surface area contributed by atoms with Crippen LogP contribution in [0.2, 0.25) is 0 Å². The van der Waals surface area contributed by atoms with E-state index in [1.165, 1.54) is 6.42 Å². The number of rotatable bonds is 4. The Labute approximate surface area is 114 Å². The highest BCUT2D eigenvalue weighted by atomic mass is 16.5. The molecular formula is C14H24N2O3. The van der Waals surface area contributed by atoms with Crippen molar-refractivity contribution in [2.75, 3.05) is 19.7 Å². The van der Waals surface area contributed by atoms with Crippen LogP contribution in [-0.4, -0.2) is 48.6 Å². The number of piperidine rings is 1. The summed E-state index contributed by atoms with van der Waals surface area (Å²) in [7, 11) is 0. The molecule has 2 saturated heterocycles. The molecule has 108 valence electrons. The molecule has 0 aliphatic carbocycles. The molecule has 0 aromatic heterocycles. The first kappa shape index (κ1) is 14.3. The maximum atomic E-state index is 12.2. The van der Waals surface area contributed by atoms with Gasteiger partial charge in [-0.3, -0.25) is 9.59 Å². The Morgan fingerprint density at radius 1 is 1.26 bits per heavy atom. The summed E-state index contributed by atoms with van der Waals surface area (Å²) in [6, 6.07) is 0.348. The molecule has 2 fully saturated rings. The van der Waals surface area contributed by atoms with Crippen LogP contribution in [0.15, 0.2) is 0 Å². The molecule has 5 nitrogen and oxygen atoms in total. The smallest absolute Gasteiger partial charge is 0.249 e. The molecule has 2 atom stereocenters. The Morgan fingerprint density at radius 3 is 2.79 bits per heavy atom. The zero-order valence-electron chi connectivity index (χ0n) is 11.7. The Balaban J connectivity index is 1.77. The van der Waals surface area contributed by atoms with Gasteiger partial charge in [0, 0.05) is 19.2 Å². The van der Waals surface area contributed by atoms with Gasteiger partial charge in [-0.05, 0) is 38.5 Å². The fourth-order valence-electron chi connectivity index (χ4n) is 2.92. The number of carbonyl (C=O) groups is 2. The molecule has 2 amide bonds. The molecule has 2 aliphatic rings. The number of hydrogen-bond acceptors (Lipinski definition) is 3. The minimum absolute atomic E-state index is 0.0397. The van der Waals surface area contributed by atoms with E-state index in [1.807, 2.05) is 4.90 Å². The Bertz CT molecular complexity index is 327. The van der Waals surface area contributed by atoms with Crippen LogP contribution < -0.4 is 5.32 Å². The van der Waals surface area contributed by atoms with E-state index >= 15 is 0 Å². The number of nitrogens with zero attached hydrogens (tertiary/aromatic N) is 1. The first-order chi connectivity index (χ1) is 9.22. The monoisotopic (exact) mass is 268 g/mol. The van der Waals surface area contributed by atoms with Crippen molar-refractivity contribution in [2.45, 2.75) is 57.6 Å². The highest BCUT2D eigenvalue weighted by Crippen LogP contribution is 2.19. The van der Waals surface area contributed by atoms with Crippen LogP contribution in [0.1, 0.15) is 45.4 Å². The average Bonchev–Trinajstić information content (AvgIpc) is 2.98. The van der Waals surface area contributed by atoms with E-state index in [1.54, 1.807) is 0 Å². The van der Waals surface area contributed by atoms with Gasteiger partial charge in [0.1, 0.15) is 6.10 Å². The summed E-state index contributed by atoms with van der Waals surface area (Å²) in [4.78, 5) is 25.9. The normalized spacial score (nSPS) is 27.3. The minimum atomic E-state index is -0.351. The summed E-state index contributed by atoms with van der Waals surface area (Å²) in [6.45, 7) is 3.69. The molecule has 0 aromatic carbocycles. The van der Waals surface area contributed by atoms with Crippen molar-refractivity contribution < 1.29 is 14.3 Å². The van der Waals surface area contributed by atoms with Gasteiger partial charge in [-0.2, -0.15) is 0 Å². The molecule has 0 aromatic rings. The zero-order chi connectivity index (χ0) is 13.7. The lowest BCUT2D eigenvalue weighted by Gasteiger charge is -2.35. The predicted octanol–water partition coefficient (Wildman–Crippen LogP) is 1.07. The van der Waals surface area contributed by atoms with E-state index in [-0.39, 0.29) is 24.5 Å². The number of nitrogens with one attached hydrogen (secondary N) is 1.